The number of nitro groups is 1. The van der Waals surface area contributed by atoms with Crippen LogP contribution in [-0.4, -0.2) is 46.7 Å². The Labute approximate surface area is 128 Å². The molecule has 0 radical (unpaired) electrons. The fourth-order valence-corrected chi connectivity index (χ4v) is 3.91. The van der Waals surface area contributed by atoms with Crippen molar-refractivity contribution in [2.24, 2.45) is 5.92 Å². The van der Waals surface area contributed by atoms with E-state index in [2.05, 4.69) is 10.2 Å². The minimum Gasteiger partial charge on any atom is -0.395 e. The number of anilines is 1. The molecule has 0 amide bonds. The van der Waals surface area contributed by atoms with Gasteiger partial charge in [0.1, 0.15) is 11.5 Å². The van der Waals surface area contributed by atoms with Crippen LogP contribution >= 0.6 is 0 Å². The number of nitrogens with one attached hydrogen (secondary N) is 1. The summed E-state index contributed by atoms with van der Waals surface area (Å²) in [6.07, 6.45) is 2.90. The van der Waals surface area contributed by atoms with Crippen molar-refractivity contribution in [1.82, 2.24) is 4.90 Å². The van der Waals surface area contributed by atoms with Crippen molar-refractivity contribution in [3.63, 3.8) is 0 Å². The molecule has 2 unspecified atom stereocenters. The summed E-state index contributed by atoms with van der Waals surface area (Å²) >= 11 is 0. The van der Waals surface area contributed by atoms with Crippen molar-refractivity contribution in [1.29, 1.82) is 0 Å². The minimum atomic E-state index is -0.487. The zero-order chi connectivity index (χ0) is 15.7. The number of piperidine rings is 1. The lowest BCUT2D eigenvalue weighted by Gasteiger charge is -2.41. The highest BCUT2D eigenvalue weighted by Crippen LogP contribution is 2.43. The average Bonchev–Trinajstić information content (AvgIpc) is 2.74. The second kappa shape index (κ2) is 5.81. The molecule has 22 heavy (non-hydrogen) atoms. The number of hydrogen-bond acceptors (Lipinski definition) is 5. The van der Waals surface area contributed by atoms with Gasteiger partial charge in [-0.05, 0) is 31.2 Å². The summed E-state index contributed by atoms with van der Waals surface area (Å²) in [5.41, 5.74) is -0.119. The van der Waals surface area contributed by atoms with Gasteiger partial charge in [0.2, 0.25) is 0 Å². The van der Waals surface area contributed by atoms with Crippen LogP contribution in [0.1, 0.15) is 19.3 Å². The number of rotatable bonds is 5. The van der Waals surface area contributed by atoms with Gasteiger partial charge in [0.15, 0.2) is 0 Å². The summed E-state index contributed by atoms with van der Waals surface area (Å²) in [6.45, 7) is 2.38. The first-order valence-corrected chi connectivity index (χ1v) is 7.57. The lowest BCUT2D eigenvalue weighted by Crippen LogP contribution is -2.52. The first-order valence-electron chi connectivity index (χ1n) is 7.57. The number of fused-ring (bicyclic) bond motifs is 2. The van der Waals surface area contributed by atoms with Gasteiger partial charge in [-0.3, -0.25) is 15.0 Å². The maximum absolute atomic E-state index is 13.5. The molecule has 1 aliphatic carbocycles. The molecule has 1 aromatic carbocycles. The Hall–Kier alpha value is -1.73. The van der Waals surface area contributed by atoms with E-state index in [1.807, 2.05) is 0 Å². The van der Waals surface area contributed by atoms with Crippen molar-refractivity contribution >= 4 is 11.4 Å². The summed E-state index contributed by atoms with van der Waals surface area (Å²) in [5.74, 6) is 0.0440. The molecule has 2 fully saturated rings. The number of halogens is 1. The van der Waals surface area contributed by atoms with Gasteiger partial charge >= 0.3 is 0 Å². The van der Waals surface area contributed by atoms with Gasteiger partial charge in [0, 0.05) is 31.8 Å². The van der Waals surface area contributed by atoms with E-state index in [1.54, 1.807) is 0 Å². The molecule has 7 heteroatoms. The smallest absolute Gasteiger partial charge is 0.292 e. The molecule has 1 heterocycles. The Kier molecular flexibility index (Phi) is 4.01. The molecule has 2 N–H and O–H groups in total. The quantitative estimate of drug-likeness (QED) is 0.642. The molecule has 2 bridgehead atoms. The van der Waals surface area contributed by atoms with Crippen molar-refractivity contribution in [3.8, 4) is 0 Å². The number of nitrogens with zero attached hydrogens (tertiary/aromatic N) is 2. The SMILES string of the molecule is O=[N+]([O-])c1ccc(F)cc1NC12CCC(CN(CCO)C1)C2. The molecule has 3 rings (SSSR count). The minimum absolute atomic E-state index is 0.0986. The van der Waals surface area contributed by atoms with Crippen LogP contribution in [0.5, 0.6) is 0 Å². The van der Waals surface area contributed by atoms with Crippen molar-refractivity contribution < 1.29 is 14.4 Å². The normalized spacial score (nSPS) is 27.8. The Morgan fingerprint density at radius 3 is 3.09 bits per heavy atom. The van der Waals surface area contributed by atoms with Crippen molar-refractivity contribution in [2.75, 3.05) is 31.6 Å². The van der Waals surface area contributed by atoms with Gasteiger partial charge in [-0.15, -0.1) is 0 Å². The monoisotopic (exact) mass is 309 g/mol. The Morgan fingerprint density at radius 1 is 1.55 bits per heavy atom. The summed E-state index contributed by atoms with van der Waals surface area (Å²) < 4.78 is 13.5. The standard InChI is InChI=1S/C15H20FN3O3/c16-12-1-2-14(19(21)22)13(7-12)17-15-4-3-11(8-15)9-18(10-15)5-6-20/h1-2,7,11,17,20H,3-6,8-10H2. The van der Waals surface area contributed by atoms with Gasteiger partial charge in [-0.2, -0.15) is 0 Å². The summed E-state index contributed by atoms with van der Waals surface area (Å²) in [5, 5.41) is 23.5. The molecule has 1 saturated heterocycles. The third-order valence-corrected chi connectivity index (χ3v) is 4.72. The number of benzene rings is 1. The average molecular weight is 309 g/mol. The molecule has 1 aromatic rings. The maximum atomic E-state index is 13.5. The van der Waals surface area contributed by atoms with Gasteiger partial charge in [0.05, 0.1) is 17.1 Å². The van der Waals surface area contributed by atoms with E-state index >= 15 is 0 Å². The third kappa shape index (κ3) is 2.91. The molecule has 0 spiro atoms. The highest BCUT2D eigenvalue weighted by molar-refractivity contribution is 5.63. The van der Waals surface area contributed by atoms with Crippen LogP contribution in [-0.2, 0) is 0 Å². The number of aliphatic hydroxyl groups excluding tert-OH is 1. The number of hydrogen-bond donors (Lipinski definition) is 2. The highest BCUT2D eigenvalue weighted by Gasteiger charge is 2.45. The predicted octanol–water partition coefficient (Wildman–Crippen LogP) is 1.99. The Balaban J connectivity index is 1.85. The van der Waals surface area contributed by atoms with E-state index in [1.165, 1.54) is 12.1 Å². The first kappa shape index (κ1) is 15.2. The van der Waals surface area contributed by atoms with Crippen LogP contribution in [0.3, 0.4) is 0 Å². The number of nitro benzene ring substituents is 1. The summed E-state index contributed by atoms with van der Waals surface area (Å²) in [6, 6.07) is 3.51. The topological polar surface area (TPSA) is 78.6 Å². The highest BCUT2D eigenvalue weighted by atomic mass is 19.1. The largest absolute Gasteiger partial charge is 0.395 e. The molecule has 1 saturated carbocycles. The molecule has 120 valence electrons. The zero-order valence-electron chi connectivity index (χ0n) is 12.3. The van der Waals surface area contributed by atoms with E-state index in [9.17, 15) is 14.5 Å². The Bertz CT molecular complexity index is 583. The lowest BCUT2D eigenvalue weighted by atomic mass is 9.90. The van der Waals surface area contributed by atoms with Gasteiger partial charge in [-0.25, -0.2) is 4.39 Å². The number of aliphatic hydroxyl groups is 1. The molecule has 1 aliphatic heterocycles. The predicted molar refractivity (Wildman–Crippen MR) is 80.3 cm³/mol. The van der Waals surface area contributed by atoms with Crippen molar-refractivity contribution in [2.45, 2.75) is 24.8 Å². The second-order valence-electron chi connectivity index (χ2n) is 6.39. The van der Waals surface area contributed by atoms with Crippen LogP contribution in [0.4, 0.5) is 15.8 Å². The number of β-amino-alcohol motifs (C(OH)–C–C–N with tert-alkyl or cyclic N) is 1. The zero-order valence-corrected chi connectivity index (χ0v) is 12.3. The Morgan fingerprint density at radius 2 is 2.36 bits per heavy atom. The first-order chi connectivity index (χ1) is 10.5. The van der Waals surface area contributed by atoms with Crippen LogP contribution < -0.4 is 5.32 Å². The maximum Gasteiger partial charge on any atom is 0.292 e. The van der Waals surface area contributed by atoms with E-state index in [0.29, 0.717) is 12.5 Å². The van der Waals surface area contributed by atoms with Crippen LogP contribution in [0.25, 0.3) is 0 Å². The van der Waals surface area contributed by atoms with Crippen molar-refractivity contribution in [3.05, 3.63) is 34.1 Å². The molecule has 2 aliphatic rings. The molecule has 6 nitrogen and oxygen atoms in total. The van der Waals surface area contributed by atoms with E-state index in [0.717, 1.165) is 38.4 Å². The van der Waals surface area contributed by atoms with Crippen LogP contribution in [0, 0.1) is 21.8 Å². The fourth-order valence-electron chi connectivity index (χ4n) is 3.91. The fraction of sp³-hybridized carbons (Fsp3) is 0.600. The molecular formula is C15H20FN3O3. The second-order valence-corrected chi connectivity index (χ2v) is 6.39. The number of likely N-dealkylation sites (tertiary alicyclic amines) is 1. The van der Waals surface area contributed by atoms with E-state index < -0.39 is 10.7 Å². The van der Waals surface area contributed by atoms with E-state index in [4.69, 9.17) is 5.11 Å². The van der Waals surface area contributed by atoms with Gasteiger partial charge in [0.25, 0.3) is 5.69 Å². The molecular weight excluding hydrogens is 289 g/mol. The summed E-state index contributed by atoms with van der Waals surface area (Å²) in [7, 11) is 0. The summed E-state index contributed by atoms with van der Waals surface area (Å²) in [4.78, 5) is 12.8. The third-order valence-electron chi connectivity index (χ3n) is 4.72. The lowest BCUT2D eigenvalue weighted by molar-refractivity contribution is -0.384. The van der Waals surface area contributed by atoms with Crippen LogP contribution in [0.15, 0.2) is 18.2 Å². The molecule has 0 aromatic heterocycles. The van der Waals surface area contributed by atoms with Gasteiger partial charge in [-0.1, -0.05) is 0 Å². The van der Waals surface area contributed by atoms with Gasteiger partial charge < -0.3 is 10.4 Å². The molecule has 2 atom stereocenters. The van der Waals surface area contributed by atoms with E-state index in [-0.39, 0.29) is 23.5 Å². The van der Waals surface area contributed by atoms with Crippen LogP contribution in [0.2, 0.25) is 0 Å².